The van der Waals surface area contributed by atoms with Crippen LogP contribution in [0.15, 0.2) is 0 Å². The molecule has 2 N–H and O–H groups in total. The number of nitrogens with zero attached hydrogens (tertiary/aromatic N) is 1. The van der Waals surface area contributed by atoms with Gasteiger partial charge in [0.15, 0.2) is 0 Å². The minimum atomic E-state index is -0.862. The molecule has 5 nitrogen and oxygen atoms in total. The lowest BCUT2D eigenvalue weighted by Crippen LogP contribution is -2.43. The summed E-state index contributed by atoms with van der Waals surface area (Å²) in [6.45, 7) is 6.59. The number of aliphatic carboxylic acids is 2. The predicted octanol–water partition coefficient (Wildman–Crippen LogP) is 1.04. The van der Waals surface area contributed by atoms with Crippen LogP contribution >= 0.6 is 0 Å². The second-order valence-electron chi connectivity index (χ2n) is 4.45. The molecule has 0 heterocycles. The van der Waals surface area contributed by atoms with Crippen LogP contribution in [0.1, 0.15) is 33.6 Å². The third kappa shape index (κ3) is 6.90. The van der Waals surface area contributed by atoms with Crippen LogP contribution in [-0.4, -0.2) is 45.7 Å². The van der Waals surface area contributed by atoms with Gasteiger partial charge in [0.05, 0.1) is 12.8 Å². The first kappa shape index (κ1) is 13.9. The van der Waals surface area contributed by atoms with E-state index in [2.05, 4.69) is 0 Å². The minimum Gasteiger partial charge on any atom is -0.481 e. The normalized spacial score (nSPS) is 11.7. The molecule has 0 fully saturated rings. The Labute approximate surface area is 89.7 Å². The number of hydrogen-bond donors (Lipinski definition) is 2. The van der Waals surface area contributed by atoms with Gasteiger partial charge in [-0.15, -0.1) is 0 Å². The van der Waals surface area contributed by atoms with Gasteiger partial charge in [0.25, 0.3) is 0 Å². The molecular formula is C10H19NO4. The van der Waals surface area contributed by atoms with Gasteiger partial charge in [-0.05, 0) is 20.8 Å². The summed E-state index contributed by atoms with van der Waals surface area (Å²) < 4.78 is 0. The fourth-order valence-corrected chi connectivity index (χ4v) is 1.24. The van der Waals surface area contributed by atoms with Gasteiger partial charge >= 0.3 is 11.9 Å². The van der Waals surface area contributed by atoms with E-state index in [4.69, 9.17) is 10.2 Å². The number of hydrogen-bond acceptors (Lipinski definition) is 3. The second kappa shape index (κ2) is 5.70. The van der Waals surface area contributed by atoms with Crippen LogP contribution in [0.3, 0.4) is 0 Å². The standard InChI is InChI=1S/C10H19NO4/c1-10(2,3)11(6-4-8(12)13)7-5-9(14)15/h4-7H2,1-3H3,(H,12,13)(H,14,15). The third-order valence-electron chi connectivity index (χ3n) is 2.14. The third-order valence-corrected chi connectivity index (χ3v) is 2.14. The van der Waals surface area contributed by atoms with Crippen LogP contribution in [-0.2, 0) is 9.59 Å². The molecule has 0 aromatic rings. The maximum absolute atomic E-state index is 10.4. The summed E-state index contributed by atoms with van der Waals surface area (Å²) in [7, 11) is 0. The topological polar surface area (TPSA) is 77.8 Å². The monoisotopic (exact) mass is 217 g/mol. The summed E-state index contributed by atoms with van der Waals surface area (Å²) in [5.74, 6) is -1.72. The van der Waals surface area contributed by atoms with E-state index in [1.54, 1.807) is 0 Å². The van der Waals surface area contributed by atoms with Crippen LogP contribution in [0, 0.1) is 0 Å². The first-order chi connectivity index (χ1) is 6.73. The van der Waals surface area contributed by atoms with Gasteiger partial charge in [0, 0.05) is 18.6 Å². The van der Waals surface area contributed by atoms with Gasteiger partial charge in [-0.3, -0.25) is 14.5 Å². The lowest BCUT2D eigenvalue weighted by molar-refractivity contribution is -0.137. The molecule has 0 saturated carbocycles. The van der Waals surface area contributed by atoms with Crippen molar-refractivity contribution in [2.75, 3.05) is 13.1 Å². The lowest BCUT2D eigenvalue weighted by atomic mass is 10.1. The van der Waals surface area contributed by atoms with Crippen molar-refractivity contribution in [3.63, 3.8) is 0 Å². The molecule has 0 rings (SSSR count). The summed E-state index contributed by atoms with van der Waals surface area (Å²) in [4.78, 5) is 22.7. The molecule has 88 valence electrons. The van der Waals surface area contributed by atoms with Crippen LogP contribution in [0.4, 0.5) is 0 Å². The molecule has 0 aromatic heterocycles. The zero-order chi connectivity index (χ0) is 12.1. The Morgan fingerprint density at radius 2 is 1.33 bits per heavy atom. The molecule has 0 aromatic carbocycles. The van der Waals surface area contributed by atoms with E-state index >= 15 is 0 Å². The molecule has 5 heteroatoms. The first-order valence-corrected chi connectivity index (χ1v) is 4.92. The predicted molar refractivity (Wildman–Crippen MR) is 55.8 cm³/mol. The zero-order valence-corrected chi connectivity index (χ0v) is 9.49. The summed E-state index contributed by atoms with van der Waals surface area (Å²) in [6, 6.07) is 0. The van der Waals surface area contributed by atoms with Crippen LogP contribution in [0.5, 0.6) is 0 Å². The average molecular weight is 217 g/mol. The summed E-state index contributed by atoms with van der Waals surface area (Å²) in [6.07, 6.45) is 0.0772. The molecule has 0 aliphatic rings. The van der Waals surface area contributed by atoms with E-state index in [1.165, 1.54) is 0 Å². The SMILES string of the molecule is CC(C)(C)N(CCC(=O)O)CCC(=O)O. The van der Waals surface area contributed by atoms with E-state index < -0.39 is 11.9 Å². The molecule has 0 aliphatic carbocycles. The van der Waals surface area contributed by atoms with E-state index in [-0.39, 0.29) is 18.4 Å². The van der Waals surface area contributed by atoms with Crippen molar-refractivity contribution in [3.8, 4) is 0 Å². The fourth-order valence-electron chi connectivity index (χ4n) is 1.24. The molecule has 0 aliphatic heterocycles. The Hall–Kier alpha value is -1.10. The van der Waals surface area contributed by atoms with Gasteiger partial charge in [0.2, 0.25) is 0 Å². The largest absolute Gasteiger partial charge is 0.481 e. The van der Waals surface area contributed by atoms with Crippen molar-refractivity contribution < 1.29 is 19.8 Å². The highest BCUT2D eigenvalue weighted by atomic mass is 16.4. The fraction of sp³-hybridized carbons (Fsp3) is 0.800. The van der Waals surface area contributed by atoms with E-state index in [1.807, 2.05) is 25.7 Å². The Morgan fingerprint density at radius 1 is 1.00 bits per heavy atom. The summed E-state index contributed by atoms with van der Waals surface area (Å²) in [5.41, 5.74) is -0.203. The highest BCUT2D eigenvalue weighted by Gasteiger charge is 2.22. The van der Waals surface area contributed by atoms with Crippen molar-refractivity contribution in [2.45, 2.75) is 39.2 Å². The molecule has 0 unspecified atom stereocenters. The smallest absolute Gasteiger partial charge is 0.304 e. The number of carbonyl (C=O) groups is 2. The molecule has 0 bridgehead atoms. The van der Waals surface area contributed by atoms with Crippen molar-refractivity contribution in [3.05, 3.63) is 0 Å². The maximum Gasteiger partial charge on any atom is 0.304 e. The van der Waals surface area contributed by atoms with Crippen molar-refractivity contribution in [1.82, 2.24) is 4.90 Å². The second-order valence-corrected chi connectivity index (χ2v) is 4.45. The van der Waals surface area contributed by atoms with Gasteiger partial charge in [-0.25, -0.2) is 0 Å². The Morgan fingerprint density at radius 3 is 1.53 bits per heavy atom. The Kier molecular flexibility index (Phi) is 5.28. The van der Waals surface area contributed by atoms with Crippen molar-refractivity contribution >= 4 is 11.9 Å². The van der Waals surface area contributed by atoms with E-state index in [0.29, 0.717) is 13.1 Å². The highest BCUT2D eigenvalue weighted by molar-refractivity contribution is 5.67. The number of carboxylic acids is 2. The minimum absolute atomic E-state index is 0.0386. The maximum atomic E-state index is 10.4. The van der Waals surface area contributed by atoms with Crippen LogP contribution in [0.2, 0.25) is 0 Å². The van der Waals surface area contributed by atoms with Crippen molar-refractivity contribution in [1.29, 1.82) is 0 Å². The molecule has 0 saturated heterocycles. The summed E-state index contributed by atoms with van der Waals surface area (Å²) >= 11 is 0. The lowest BCUT2D eigenvalue weighted by Gasteiger charge is -2.34. The van der Waals surface area contributed by atoms with Gasteiger partial charge in [-0.2, -0.15) is 0 Å². The summed E-state index contributed by atoms with van der Waals surface area (Å²) in [5, 5.41) is 17.1. The Bertz CT molecular complexity index is 214. The van der Waals surface area contributed by atoms with E-state index in [0.717, 1.165) is 0 Å². The molecular weight excluding hydrogens is 198 g/mol. The van der Waals surface area contributed by atoms with Crippen molar-refractivity contribution in [2.24, 2.45) is 0 Å². The molecule has 0 radical (unpaired) electrons. The number of rotatable bonds is 6. The average Bonchev–Trinajstić information content (AvgIpc) is 2.00. The van der Waals surface area contributed by atoms with E-state index in [9.17, 15) is 9.59 Å². The molecule has 0 atom stereocenters. The molecule has 0 spiro atoms. The quantitative estimate of drug-likeness (QED) is 0.695. The van der Waals surface area contributed by atoms with Crippen LogP contribution in [0.25, 0.3) is 0 Å². The molecule has 0 amide bonds. The van der Waals surface area contributed by atoms with Crippen LogP contribution < -0.4 is 0 Å². The highest BCUT2D eigenvalue weighted by Crippen LogP contribution is 2.13. The Balaban J connectivity index is 4.19. The zero-order valence-electron chi connectivity index (χ0n) is 9.49. The van der Waals surface area contributed by atoms with Gasteiger partial charge in [-0.1, -0.05) is 0 Å². The van der Waals surface area contributed by atoms with Gasteiger partial charge in [0.1, 0.15) is 0 Å². The van der Waals surface area contributed by atoms with Gasteiger partial charge < -0.3 is 10.2 Å². The molecule has 15 heavy (non-hydrogen) atoms. The number of carboxylic acid groups (broad SMARTS) is 2. The first-order valence-electron chi connectivity index (χ1n) is 4.92.